The fraction of sp³-hybridized carbons (Fsp3) is 0.125. The Morgan fingerprint density at radius 3 is 2.22 bits per heavy atom. The Bertz CT molecular complexity index is 689. The van der Waals surface area contributed by atoms with Crippen LogP contribution in [0.1, 0.15) is 5.56 Å². The highest BCUT2D eigenvalue weighted by atomic mass is 35.5. The fourth-order valence-corrected chi connectivity index (χ4v) is 2.38. The molecule has 7 heteroatoms. The van der Waals surface area contributed by atoms with Crippen molar-refractivity contribution >= 4 is 40.8 Å². The lowest BCUT2D eigenvalue weighted by Gasteiger charge is -2.10. The van der Waals surface area contributed by atoms with Crippen LogP contribution in [-0.4, -0.2) is 18.5 Å². The van der Waals surface area contributed by atoms with Gasteiger partial charge in [0.25, 0.3) is 0 Å². The Kier molecular flexibility index (Phi) is 6.26. The zero-order valence-corrected chi connectivity index (χ0v) is 13.8. The maximum absolute atomic E-state index is 6.13. The van der Waals surface area contributed by atoms with Crippen LogP contribution in [0, 0.1) is 0 Å². The van der Waals surface area contributed by atoms with Crippen LogP contribution in [0.4, 0.5) is 5.69 Å². The van der Waals surface area contributed by atoms with Crippen LogP contribution >= 0.6 is 23.2 Å². The smallest absolute Gasteiger partial charge is 0.225 e. The van der Waals surface area contributed by atoms with E-state index in [4.69, 9.17) is 34.7 Å². The highest BCUT2D eigenvalue weighted by molar-refractivity contribution is 6.39. The molecule has 0 heterocycles. The first kappa shape index (κ1) is 17.1. The van der Waals surface area contributed by atoms with E-state index in [-0.39, 0.29) is 11.9 Å². The van der Waals surface area contributed by atoms with E-state index in [1.807, 2.05) is 30.3 Å². The van der Waals surface area contributed by atoms with Crippen molar-refractivity contribution in [3.05, 3.63) is 64.1 Å². The highest BCUT2D eigenvalue weighted by Gasteiger charge is 2.08. The molecule has 0 saturated carbocycles. The quantitative estimate of drug-likeness (QED) is 0.584. The number of nitrogens with two attached hydrogens (primary N) is 2. The molecule has 0 aliphatic rings. The van der Waals surface area contributed by atoms with Gasteiger partial charge in [0.15, 0.2) is 5.96 Å². The first-order chi connectivity index (χ1) is 11.1. The Labute approximate surface area is 145 Å². The molecule has 0 atom stereocenters. The van der Waals surface area contributed by atoms with Crippen LogP contribution in [0.25, 0.3) is 0 Å². The first-order valence-electron chi connectivity index (χ1n) is 6.95. The summed E-state index contributed by atoms with van der Waals surface area (Å²) in [6, 6.07) is 15.2. The molecule has 0 bridgehead atoms. The van der Waals surface area contributed by atoms with Crippen molar-refractivity contribution in [1.29, 1.82) is 0 Å². The molecule has 0 spiro atoms. The minimum Gasteiger partial charge on any atom is -0.370 e. The second-order valence-corrected chi connectivity index (χ2v) is 5.51. The number of guanidine groups is 2. The van der Waals surface area contributed by atoms with Crippen LogP contribution in [-0.2, 0) is 6.42 Å². The molecular formula is C16H17Cl2N5. The summed E-state index contributed by atoms with van der Waals surface area (Å²) in [5, 5.41) is 3.89. The molecule has 0 radical (unpaired) electrons. The SMILES string of the molecule is NC(N)=NC(=NCCc1ccccc1)Nc1c(Cl)cccc1Cl. The number of aliphatic imine (C=N–C) groups is 2. The van der Waals surface area contributed by atoms with E-state index in [0.29, 0.717) is 22.3 Å². The Morgan fingerprint density at radius 2 is 1.61 bits per heavy atom. The maximum Gasteiger partial charge on any atom is 0.225 e. The van der Waals surface area contributed by atoms with E-state index in [9.17, 15) is 0 Å². The zero-order valence-electron chi connectivity index (χ0n) is 12.3. The Balaban J connectivity index is 2.14. The van der Waals surface area contributed by atoms with Gasteiger partial charge in [-0.15, -0.1) is 0 Å². The lowest BCUT2D eigenvalue weighted by Crippen LogP contribution is -2.26. The number of nitrogens with one attached hydrogen (secondary N) is 1. The van der Waals surface area contributed by atoms with Crippen LogP contribution in [0.5, 0.6) is 0 Å². The van der Waals surface area contributed by atoms with E-state index >= 15 is 0 Å². The molecule has 2 aromatic carbocycles. The first-order valence-corrected chi connectivity index (χ1v) is 7.71. The molecular weight excluding hydrogens is 333 g/mol. The van der Waals surface area contributed by atoms with E-state index in [2.05, 4.69) is 15.3 Å². The second-order valence-electron chi connectivity index (χ2n) is 4.70. The molecule has 2 rings (SSSR count). The number of benzene rings is 2. The number of halogens is 2. The molecule has 0 amide bonds. The second kappa shape index (κ2) is 8.41. The Morgan fingerprint density at radius 1 is 0.957 bits per heavy atom. The van der Waals surface area contributed by atoms with Crippen LogP contribution in [0.3, 0.4) is 0 Å². The van der Waals surface area contributed by atoms with E-state index in [1.165, 1.54) is 5.56 Å². The van der Waals surface area contributed by atoms with Gasteiger partial charge < -0.3 is 16.8 Å². The lowest BCUT2D eigenvalue weighted by atomic mass is 10.2. The summed E-state index contributed by atoms with van der Waals surface area (Å²) in [6.07, 6.45) is 0.766. The number of nitrogens with zero attached hydrogens (tertiary/aromatic N) is 2. The van der Waals surface area contributed by atoms with E-state index < -0.39 is 0 Å². The third kappa shape index (κ3) is 5.47. The zero-order chi connectivity index (χ0) is 16.7. The normalized spacial score (nSPS) is 11.1. The lowest BCUT2D eigenvalue weighted by molar-refractivity contribution is 0.964. The fourth-order valence-electron chi connectivity index (χ4n) is 1.89. The van der Waals surface area contributed by atoms with Crippen molar-refractivity contribution in [2.24, 2.45) is 21.5 Å². The molecule has 120 valence electrons. The number of hydrogen-bond donors (Lipinski definition) is 3. The number of anilines is 1. The average Bonchev–Trinajstić information content (AvgIpc) is 2.51. The summed E-state index contributed by atoms with van der Waals surface area (Å²) in [4.78, 5) is 8.36. The molecule has 5 nitrogen and oxygen atoms in total. The number of para-hydroxylation sites is 1. The van der Waals surface area contributed by atoms with E-state index in [0.717, 1.165) is 6.42 Å². The molecule has 0 saturated heterocycles. The third-order valence-corrected chi connectivity index (χ3v) is 3.57. The largest absolute Gasteiger partial charge is 0.370 e. The summed E-state index contributed by atoms with van der Waals surface area (Å²) >= 11 is 12.3. The van der Waals surface area contributed by atoms with Gasteiger partial charge in [-0.25, -0.2) is 0 Å². The van der Waals surface area contributed by atoms with Crippen molar-refractivity contribution in [3.8, 4) is 0 Å². The monoisotopic (exact) mass is 349 g/mol. The van der Waals surface area contributed by atoms with Gasteiger partial charge in [-0.05, 0) is 24.1 Å². The van der Waals surface area contributed by atoms with Gasteiger partial charge in [0.1, 0.15) is 0 Å². The minimum absolute atomic E-state index is 0.0980. The molecule has 0 aliphatic carbocycles. The topological polar surface area (TPSA) is 88.8 Å². The highest BCUT2D eigenvalue weighted by Crippen LogP contribution is 2.29. The molecule has 0 aromatic heterocycles. The van der Waals surface area contributed by atoms with Gasteiger partial charge in [-0.2, -0.15) is 4.99 Å². The summed E-state index contributed by atoms with van der Waals surface area (Å²) in [5.74, 6) is 0.162. The van der Waals surface area contributed by atoms with Gasteiger partial charge in [0, 0.05) is 6.54 Å². The molecule has 0 unspecified atom stereocenters. The predicted octanol–water partition coefficient (Wildman–Crippen LogP) is 3.28. The molecule has 2 aromatic rings. The van der Waals surface area contributed by atoms with Gasteiger partial charge in [-0.1, -0.05) is 59.6 Å². The molecule has 0 fully saturated rings. The predicted molar refractivity (Wildman–Crippen MR) is 98.3 cm³/mol. The average molecular weight is 350 g/mol. The molecule has 0 aliphatic heterocycles. The number of rotatable bonds is 4. The summed E-state index contributed by atoms with van der Waals surface area (Å²) < 4.78 is 0. The van der Waals surface area contributed by atoms with Gasteiger partial charge in [0.05, 0.1) is 15.7 Å². The van der Waals surface area contributed by atoms with Gasteiger partial charge in [-0.3, -0.25) is 4.99 Å². The summed E-state index contributed by atoms with van der Waals surface area (Å²) in [7, 11) is 0. The molecule has 5 N–H and O–H groups in total. The minimum atomic E-state index is -0.0980. The Hall–Kier alpha value is -2.24. The van der Waals surface area contributed by atoms with Gasteiger partial charge in [0.2, 0.25) is 5.96 Å². The van der Waals surface area contributed by atoms with Crippen molar-refractivity contribution in [1.82, 2.24) is 0 Å². The van der Waals surface area contributed by atoms with Crippen LogP contribution in [0.2, 0.25) is 10.0 Å². The molecule has 23 heavy (non-hydrogen) atoms. The summed E-state index contributed by atoms with van der Waals surface area (Å²) in [6.45, 7) is 0.519. The maximum atomic E-state index is 6.13. The van der Waals surface area contributed by atoms with Crippen molar-refractivity contribution in [2.45, 2.75) is 6.42 Å². The van der Waals surface area contributed by atoms with Crippen molar-refractivity contribution in [3.63, 3.8) is 0 Å². The third-order valence-electron chi connectivity index (χ3n) is 2.94. The van der Waals surface area contributed by atoms with Gasteiger partial charge >= 0.3 is 0 Å². The summed E-state index contributed by atoms with van der Waals surface area (Å²) in [5.41, 5.74) is 12.6. The van der Waals surface area contributed by atoms with Crippen LogP contribution in [0.15, 0.2) is 58.5 Å². The number of hydrogen-bond acceptors (Lipinski definition) is 1. The standard InChI is InChI=1S/C16H17Cl2N5/c17-12-7-4-8-13(18)14(12)22-16(23-15(19)20)21-10-9-11-5-2-1-3-6-11/h1-8H,9-10H2,(H5,19,20,21,22,23). The van der Waals surface area contributed by atoms with Crippen LogP contribution < -0.4 is 16.8 Å². The van der Waals surface area contributed by atoms with Crippen molar-refractivity contribution < 1.29 is 0 Å². The van der Waals surface area contributed by atoms with Crippen molar-refractivity contribution in [2.75, 3.05) is 11.9 Å². The van der Waals surface area contributed by atoms with E-state index in [1.54, 1.807) is 18.2 Å².